The van der Waals surface area contributed by atoms with Crippen molar-refractivity contribution in [3.8, 4) is 11.3 Å². The third-order valence-corrected chi connectivity index (χ3v) is 5.80. The minimum atomic E-state index is 0.0399. The molecule has 4 rings (SSSR count). The van der Waals surface area contributed by atoms with E-state index in [0.29, 0.717) is 0 Å². The third-order valence-electron chi connectivity index (χ3n) is 5.80. The van der Waals surface area contributed by atoms with Crippen LogP contribution in [0.4, 0.5) is 0 Å². The van der Waals surface area contributed by atoms with Gasteiger partial charge < -0.3 is 10.1 Å². The van der Waals surface area contributed by atoms with E-state index >= 15 is 0 Å². The van der Waals surface area contributed by atoms with Crippen molar-refractivity contribution in [2.24, 2.45) is 5.92 Å². The maximum Gasteiger partial charge on any atom is 0.247 e. The van der Waals surface area contributed by atoms with E-state index in [2.05, 4.69) is 71.6 Å². The normalized spacial score (nSPS) is 19.8. The molecule has 6 nitrogen and oxygen atoms in total. The molecular formula is C27H34N4O2. The monoisotopic (exact) mass is 446 g/mol. The first kappa shape index (κ1) is 24.2. The van der Waals surface area contributed by atoms with Gasteiger partial charge in [-0.1, -0.05) is 45.1 Å². The summed E-state index contributed by atoms with van der Waals surface area (Å²) in [5.41, 5.74) is 4.95. The fourth-order valence-corrected chi connectivity index (χ4v) is 3.64. The van der Waals surface area contributed by atoms with Crippen LogP contribution in [0.3, 0.4) is 0 Å². The molecule has 0 radical (unpaired) electrons. The number of hydrogen-bond acceptors (Lipinski definition) is 4. The van der Waals surface area contributed by atoms with Crippen LogP contribution in [-0.2, 0) is 16.0 Å². The first-order valence-corrected chi connectivity index (χ1v) is 11.6. The topological polar surface area (TPSA) is 79.9 Å². The minimum absolute atomic E-state index is 0.0399. The number of carbonyl (C=O) groups is 1. The van der Waals surface area contributed by atoms with Crippen LogP contribution >= 0.6 is 0 Å². The Morgan fingerprint density at radius 1 is 1.30 bits per heavy atom. The molecule has 1 fully saturated rings. The summed E-state index contributed by atoms with van der Waals surface area (Å²) in [4.78, 5) is 16.0. The molecule has 1 aliphatic heterocycles. The highest BCUT2D eigenvalue weighted by molar-refractivity contribution is 5.96. The van der Waals surface area contributed by atoms with Gasteiger partial charge in [0.05, 0.1) is 12.8 Å². The number of methoxy groups -OCH3 is 1. The van der Waals surface area contributed by atoms with Gasteiger partial charge in [-0.2, -0.15) is 5.10 Å². The van der Waals surface area contributed by atoms with Crippen molar-refractivity contribution in [3.05, 3.63) is 83.6 Å². The molecule has 1 amide bonds. The second-order valence-corrected chi connectivity index (χ2v) is 8.29. The predicted octanol–water partition coefficient (Wildman–Crippen LogP) is 5.25. The van der Waals surface area contributed by atoms with Gasteiger partial charge in [0.25, 0.3) is 0 Å². The number of nitrogens with one attached hydrogen (secondary N) is 2. The van der Waals surface area contributed by atoms with Gasteiger partial charge in [0, 0.05) is 47.1 Å². The Morgan fingerprint density at radius 3 is 2.79 bits per heavy atom. The number of pyridine rings is 1. The van der Waals surface area contributed by atoms with E-state index in [1.165, 1.54) is 0 Å². The summed E-state index contributed by atoms with van der Waals surface area (Å²) in [6, 6.07) is 6.12. The number of allylic oxidation sites excluding steroid dienone is 6. The molecule has 2 aromatic rings. The Hall–Kier alpha value is -3.41. The summed E-state index contributed by atoms with van der Waals surface area (Å²) in [6.45, 7) is 6.98. The molecule has 0 aromatic carbocycles. The summed E-state index contributed by atoms with van der Waals surface area (Å²) >= 11 is 0. The molecule has 1 saturated heterocycles. The van der Waals surface area contributed by atoms with Crippen molar-refractivity contribution < 1.29 is 9.53 Å². The molecule has 33 heavy (non-hydrogen) atoms. The zero-order chi connectivity index (χ0) is 23.6. The van der Waals surface area contributed by atoms with E-state index in [0.717, 1.165) is 59.8 Å². The lowest BCUT2D eigenvalue weighted by molar-refractivity contribution is -0.116. The smallest absolute Gasteiger partial charge is 0.247 e. The number of amides is 1. The fourth-order valence-electron chi connectivity index (χ4n) is 3.64. The second kappa shape index (κ2) is 12.0. The number of aromatic nitrogens is 3. The number of nitrogens with zero attached hydrogens (tertiary/aromatic N) is 2. The molecule has 6 heteroatoms. The van der Waals surface area contributed by atoms with Crippen molar-refractivity contribution in [3.63, 3.8) is 0 Å². The zero-order valence-corrected chi connectivity index (χ0v) is 20.0. The van der Waals surface area contributed by atoms with Gasteiger partial charge in [-0.15, -0.1) is 0 Å². The Labute approximate surface area is 196 Å². The lowest BCUT2D eigenvalue weighted by Gasteiger charge is -2.02. The molecule has 2 aliphatic rings. The maximum atomic E-state index is 11.7. The number of aryl methyl sites for hydroxylation is 1. The summed E-state index contributed by atoms with van der Waals surface area (Å²) < 4.78 is 4.97. The molecule has 3 heterocycles. The van der Waals surface area contributed by atoms with Crippen molar-refractivity contribution in [2.45, 2.75) is 46.0 Å². The third kappa shape index (κ3) is 6.78. The van der Waals surface area contributed by atoms with E-state index < -0.39 is 0 Å². The van der Waals surface area contributed by atoms with Crippen molar-refractivity contribution in [1.29, 1.82) is 0 Å². The second-order valence-electron chi connectivity index (χ2n) is 8.29. The highest BCUT2D eigenvalue weighted by atomic mass is 16.5. The summed E-state index contributed by atoms with van der Waals surface area (Å²) in [5, 5.41) is 10.4. The van der Waals surface area contributed by atoms with Gasteiger partial charge in [0.2, 0.25) is 5.91 Å². The molecule has 2 aromatic heterocycles. The van der Waals surface area contributed by atoms with Gasteiger partial charge >= 0.3 is 0 Å². The molecule has 0 bridgehead atoms. The molecular weight excluding hydrogens is 412 g/mol. The van der Waals surface area contributed by atoms with Gasteiger partial charge in [0.15, 0.2) is 0 Å². The van der Waals surface area contributed by atoms with E-state index in [9.17, 15) is 4.79 Å². The van der Waals surface area contributed by atoms with Crippen molar-refractivity contribution in [2.75, 3.05) is 13.7 Å². The van der Waals surface area contributed by atoms with Crippen LogP contribution in [0.15, 0.2) is 72.2 Å². The maximum absolute atomic E-state index is 11.7. The predicted molar refractivity (Wildman–Crippen MR) is 132 cm³/mol. The first-order valence-electron chi connectivity index (χ1n) is 11.6. The average Bonchev–Trinajstić information content (AvgIpc) is 3.48. The Bertz CT molecular complexity index is 1060. The zero-order valence-electron chi connectivity index (χ0n) is 20.0. The van der Waals surface area contributed by atoms with E-state index in [4.69, 9.17) is 4.74 Å². The fraction of sp³-hybridized carbons (Fsp3) is 0.370. The van der Waals surface area contributed by atoms with Crippen molar-refractivity contribution >= 4 is 5.91 Å². The summed E-state index contributed by atoms with van der Waals surface area (Å²) in [7, 11) is 1.70. The largest absolute Gasteiger partial charge is 0.497 e. The van der Waals surface area contributed by atoms with Crippen LogP contribution in [-0.4, -0.2) is 34.7 Å². The number of H-pyrrole nitrogens is 1. The number of rotatable bonds is 6. The summed E-state index contributed by atoms with van der Waals surface area (Å²) in [5.74, 6) is 1.49. The lowest BCUT2D eigenvalue weighted by atomic mass is 10.0. The van der Waals surface area contributed by atoms with E-state index in [1.54, 1.807) is 7.11 Å². The highest BCUT2D eigenvalue weighted by Crippen LogP contribution is 2.23. The SMILES string of the molecule is CCc1cc(-c2cc(C(C)/C=C\C=C3\C(=O)NCC3C)[nH]n2)ccn1.COC1=CCCC=C1. The number of carbonyl (C=O) groups excluding carboxylic acids is 1. The van der Waals surface area contributed by atoms with Crippen LogP contribution < -0.4 is 5.32 Å². The van der Waals surface area contributed by atoms with Crippen LogP contribution in [0.2, 0.25) is 0 Å². The standard InChI is InChI=1S/C20H24N4O.C7H10O/c1-4-16-10-15(8-9-21-16)19-11-18(23-24-19)13(2)6-5-7-17-14(3)12-22-20(17)25;1-8-7-5-3-2-4-6-7/h5-11,13-14H,4,12H2,1-3H3,(H,22,25)(H,23,24);3,5-6H,2,4H2,1H3/b6-5-,17-7+;. The Balaban J connectivity index is 0.000000323. The van der Waals surface area contributed by atoms with Gasteiger partial charge in [-0.05, 0) is 49.6 Å². The molecule has 1 aliphatic carbocycles. The molecule has 2 N–H and O–H groups in total. The van der Waals surface area contributed by atoms with Crippen LogP contribution in [0.5, 0.6) is 0 Å². The number of ether oxygens (including phenoxy) is 1. The minimum Gasteiger partial charge on any atom is -0.497 e. The Morgan fingerprint density at radius 2 is 2.15 bits per heavy atom. The lowest BCUT2D eigenvalue weighted by Crippen LogP contribution is -2.14. The highest BCUT2D eigenvalue weighted by Gasteiger charge is 2.23. The summed E-state index contributed by atoms with van der Waals surface area (Å²) in [6.07, 6.45) is 17.2. The first-order chi connectivity index (χ1) is 16.0. The van der Waals surface area contributed by atoms with Gasteiger partial charge in [-0.3, -0.25) is 14.9 Å². The molecule has 174 valence electrons. The van der Waals surface area contributed by atoms with Gasteiger partial charge in [0.1, 0.15) is 5.76 Å². The number of hydrogen-bond donors (Lipinski definition) is 2. The Kier molecular flexibility index (Phi) is 8.81. The average molecular weight is 447 g/mol. The van der Waals surface area contributed by atoms with E-state index in [-0.39, 0.29) is 17.7 Å². The van der Waals surface area contributed by atoms with Crippen LogP contribution in [0.25, 0.3) is 11.3 Å². The quantitative estimate of drug-likeness (QED) is 0.594. The molecule has 2 atom stereocenters. The van der Waals surface area contributed by atoms with Gasteiger partial charge in [-0.25, -0.2) is 0 Å². The molecule has 0 saturated carbocycles. The van der Waals surface area contributed by atoms with Crippen molar-refractivity contribution in [1.82, 2.24) is 20.5 Å². The molecule has 2 unspecified atom stereocenters. The number of aromatic amines is 1. The van der Waals surface area contributed by atoms with E-state index in [1.807, 2.05) is 30.5 Å². The molecule has 0 spiro atoms. The van der Waals surface area contributed by atoms with Crippen LogP contribution in [0, 0.1) is 5.92 Å². The van der Waals surface area contributed by atoms with Crippen LogP contribution in [0.1, 0.15) is 50.9 Å².